The Hall–Kier alpha value is -3.00. The molecule has 0 amide bonds. The monoisotopic (exact) mass is 368 g/mol. The van der Waals surface area contributed by atoms with Crippen LogP contribution in [0.5, 0.6) is 11.5 Å². The minimum atomic E-state index is -0.425. The maximum absolute atomic E-state index is 5.92. The molecule has 3 aliphatic carbocycles. The molecule has 0 atom stereocenters. The number of methoxy groups -OCH3 is 2. The van der Waals surface area contributed by atoms with Gasteiger partial charge in [0, 0.05) is 17.0 Å². The Kier molecular flexibility index (Phi) is 3.67. The molecular formula is C26H24O2. The number of hydrogen-bond acceptors (Lipinski definition) is 2. The Morgan fingerprint density at radius 2 is 1.39 bits per heavy atom. The Labute approximate surface area is 166 Å². The SMILES string of the molecule is C=C(CC)C12c3ccccc3C(c3ccccc31)c1c(OC)ccc(OC)c12. The van der Waals surface area contributed by atoms with Crippen molar-refractivity contribution in [1.82, 2.24) is 0 Å². The maximum Gasteiger partial charge on any atom is 0.124 e. The normalized spacial score (nSPS) is 20.8. The lowest BCUT2D eigenvalue weighted by Crippen LogP contribution is -2.43. The highest BCUT2D eigenvalue weighted by Crippen LogP contribution is 2.65. The number of hydrogen-bond donors (Lipinski definition) is 0. The molecule has 0 N–H and O–H groups in total. The molecule has 0 saturated heterocycles. The number of allylic oxidation sites excluding steroid dienone is 1. The summed E-state index contributed by atoms with van der Waals surface area (Å²) in [6.07, 6.45) is 0.882. The largest absolute Gasteiger partial charge is 0.496 e. The summed E-state index contributed by atoms with van der Waals surface area (Å²) in [6.45, 7) is 6.79. The van der Waals surface area contributed by atoms with Gasteiger partial charge in [-0.05, 0) is 40.8 Å². The summed E-state index contributed by atoms with van der Waals surface area (Å²) in [5.74, 6) is 1.96. The first kappa shape index (κ1) is 17.1. The van der Waals surface area contributed by atoms with Crippen molar-refractivity contribution in [2.24, 2.45) is 0 Å². The van der Waals surface area contributed by atoms with Gasteiger partial charge in [-0.15, -0.1) is 0 Å². The smallest absolute Gasteiger partial charge is 0.124 e. The third-order valence-corrected chi connectivity index (χ3v) is 6.58. The molecule has 2 heteroatoms. The van der Waals surface area contributed by atoms with Crippen LogP contribution in [0.3, 0.4) is 0 Å². The van der Waals surface area contributed by atoms with Crippen LogP contribution in [-0.2, 0) is 5.41 Å². The first-order valence-corrected chi connectivity index (χ1v) is 9.82. The van der Waals surface area contributed by atoms with E-state index in [0.29, 0.717) is 0 Å². The molecule has 0 aliphatic heterocycles. The first-order valence-electron chi connectivity index (χ1n) is 9.82. The average Bonchev–Trinajstić information content (AvgIpc) is 2.77. The molecule has 0 saturated carbocycles. The van der Waals surface area contributed by atoms with E-state index in [-0.39, 0.29) is 5.92 Å². The highest BCUT2D eigenvalue weighted by atomic mass is 16.5. The van der Waals surface area contributed by atoms with E-state index in [4.69, 9.17) is 9.47 Å². The van der Waals surface area contributed by atoms with Gasteiger partial charge in [0.15, 0.2) is 0 Å². The van der Waals surface area contributed by atoms with Crippen molar-refractivity contribution in [1.29, 1.82) is 0 Å². The van der Waals surface area contributed by atoms with Gasteiger partial charge in [-0.2, -0.15) is 0 Å². The topological polar surface area (TPSA) is 18.5 Å². The van der Waals surface area contributed by atoms with Crippen LogP contribution in [0.4, 0.5) is 0 Å². The van der Waals surface area contributed by atoms with Gasteiger partial charge in [0.05, 0.1) is 19.6 Å². The number of ether oxygens (including phenoxy) is 2. The van der Waals surface area contributed by atoms with E-state index in [0.717, 1.165) is 17.9 Å². The fourth-order valence-electron chi connectivity index (χ4n) is 5.50. The lowest BCUT2D eigenvalue weighted by atomic mass is 9.50. The Morgan fingerprint density at radius 1 is 0.857 bits per heavy atom. The Balaban J connectivity index is 2.05. The van der Waals surface area contributed by atoms with Crippen LogP contribution in [0.15, 0.2) is 72.8 Å². The second kappa shape index (κ2) is 6.00. The minimum Gasteiger partial charge on any atom is -0.496 e. The molecule has 2 bridgehead atoms. The van der Waals surface area contributed by atoms with Crippen LogP contribution in [0, 0.1) is 0 Å². The molecule has 3 aromatic rings. The van der Waals surface area contributed by atoms with Gasteiger partial charge in [-0.3, -0.25) is 0 Å². The highest BCUT2D eigenvalue weighted by Gasteiger charge is 2.55. The molecule has 0 aromatic heterocycles. The minimum absolute atomic E-state index is 0.138. The second-order valence-electron chi connectivity index (χ2n) is 7.57. The van der Waals surface area contributed by atoms with Gasteiger partial charge in [0.25, 0.3) is 0 Å². The van der Waals surface area contributed by atoms with Crippen LogP contribution in [0.1, 0.15) is 52.6 Å². The fraction of sp³-hybridized carbons (Fsp3) is 0.231. The molecule has 0 radical (unpaired) electrons. The lowest BCUT2D eigenvalue weighted by molar-refractivity contribution is 0.382. The molecule has 28 heavy (non-hydrogen) atoms. The van der Waals surface area contributed by atoms with Crippen LogP contribution in [-0.4, -0.2) is 14.2 Å². The summed E-state index contributed by atoms with van der Waals surface area (Å²) in [7, 11) is 3.51. The van der Waals surface area contributed by atoms with Gasteiger partial charge in [0.1, 0.15) is 11.5 Å². The van der Waals surface area contributed by atoms with E-state index in [2.05, 4.69) is 62.0 Å². The fourth-order valence-corrected chi connectivity index (χ4v) is 5.50. The van der Waals surface area contributed by atoms with Crippen molar-refractivity contribution >= 4 is 0 Å². The summed E-state index contributed by atoms with van der Waals surface area (Å²) >= 11 is 0. The molecule has 3 aliphatic rings. The predicted octanol–water partition coefficient (Wildman–Crippen LogP) is 5.81. The van der Waals surface area contributed by atoms with Crippen LogP contribution in [0.2, 0.25) is 0 Å². The number of rotatable bonds is 4. The van der Waals surface area contributed by atoms with Crippen LogP contribution >= 0.6 is 0 Å². The highest BCUT2D eigenvalue weighted by molar-refractivity contribution is 5.79. The molecule has 0 heterocycles. The molecule has 0 unspecified atom stereocenters. The summed E-state index contributed by atoms with van der Waals surface area (Å²) in [4.78, 5) is 0. The van der Waals surface area contributed by atoms with Gasteiger partial charge < -0.3 is 9.47 Å². The van der Waals surface area contributed by atoms with E-state index in [1.54, 1.807) is 14.2 Å². The molecule has 2 nitrogen and oxygen atoms in total. The molecule has 0 fully saturated rings. The zero-order valence-electron chi connectivity index (χ0n) is 16.6. The van der Waals surface area contributed by atoms with Crippen LogP contribution in [0.25, 0.3) is 0 Å². The standard InChI is InChI=1S/C26H24O2/c1-5-16(2)26-19-12-8-6-10-17(19)23(18-11-7-9-13-20(18)26)24-21(27-3)14-15-22(28-4)25(24)26/h6-15,23H,2,5H2,1,3-4H3. The van der Waals surface area contributed by atoms with Crippen molar-refractivity contribution < 1.29 is 9.47 Å². The molecule has 0 spiro atoms. The van der Waals surface area contributed by atoms with Crippen molar-refractivity contribution in [3.8, 4) is 11.5 Å². The second-order valence-corrected chi connectivity index (χ2v) is 7.57. The molecule has 3 aromatic carbocycles. The quantitative estimate of drug-likeness (QED) is 0.541. The van der Waals surface area contributed by atoms with Gasteiger partial charge in [0.2, 0.25) is 0 Å². The summed E-state index contributed by atoms with van der Waals surface area (Å²) in [5.41, 5.74) is 8.50. The van der Waals surface area contributed by atoms with Crippen molar-refractivity contribution in [3.63, 3.8) is 0 Å². The molecular weight excluding hydrogens is 344 g/mol. The zero-order chi connectivity index (χ0) is 19.5. The molecule has 6 rings (SSSR count). The van der Waals surface area contributed by atoms with E-state index in [1.165, 1.54) is 39.0 Å². The van der Waals surface area contributed by atoms with Gasteiger partial charge in [-0.1, -0.05) is 67.6 Å². The third kappa shape index (κ3) is 1.83. The molecule has 140 valence electrons. The van der Waals surface area contributed by atoms with E-state index in [9.17, 15) is 0 Å². The van der Waals surface area contributed by atoms with Crippen molar-refractivity contribution in [2.75, 3.05) is 14.2 Å². The number of benzene rings is 3. The van der Waals surface area contributed by atoms with E-state index < -0.39 is 5.41 Å². The Morgan fingerprint density at radius 3 is 1.93 bits per heavy atom. The van der Waals surface area contributed by atoms with Crippen molar-refractivity contribution in [2.45, 2.75) is 24.7 Å². The summed E-state index contributed by atoms with van der Waals surface area (Å²) < 4.78 is 11.8. The zero-order valence-corrected chi connectivity index (χ0v) is 16.6. The summed E-state index contributed by atoms with van der Waals surface area (Å²) in [6, 6.07) is 21.7. The van der Waals surface area contributed by atoms with E-state index >= 15 is 0 Å². The van der Waals surface area contributed by atoms with Gasteiger partial charge in [-0.25, -0.2) is 0 Å². The van der Waals surface area contributed by atoms with Crippen LogP contribution < -0.4 is 9.47 Å². The average molecular weight is 368 g/mol. The third-order valence-electron chi connectivity index (χ3n) is 6.58. The first-order chi connectivity index (χ1) is 13.7. The summed E-state index contributed by atoms with van der Waals surface area (Å²) in [5, 5.41) is 0. The Bertz CT molecular complexity index is 1060. The van der Waals surface area contributed by atoms with E-state index in [1.807, 2.05) is 12.1 Å². The van der Waals surface area contributed by atoms with Gasteiger partial charge >= 0.3 is 0 Å². The maximum atomic E-state index is 5.92. The predicted molar refractivity (Wildman–Crippen MR) is 113 cm³/mol. The van der Waals surface area contributed by atoms with Crippen molar-refractivity contribution in [3.05, 3.63) is 106 Å². The lowest BCUT2D eigenvalue weighted by Gasteiger charge is -2.52.